The third-order valence-electron chi connectivity index (χ3n) is 5.06. The first-order valence-electron chi connectivity index (χ1n) is 8.49. The molecule has 1 aromatic rings. The third-order valence-corrected chi connectivity index (χ3v) is 5.06. The lowest BCUT2D eigenvalue weighted by atomic mass is 9.78. The number of nitrogens with one attached hydrogen (secondary N) is 1. The van der Waals surface area contributed by atoms with E-state index in [1.54, 1.807) is 0 Å². The van der Waals surface area contributed by atoms with Gasteiger partial charge in [-0.2, -0.15) is 0 Å². The summed E-state index contributed by atoms with van der Waals surface area (Å²) in [6, 6.07) is 1.87. The van der Waals surface area contributed by atoms with Crippen molar-refractivity contribution in [2.45, 2.75) is 24.7 Å². The number of ether oxygens (including phenoxy) is 2. The SMILES string of the molecule is COC(=O)C1=C(CF)NC2=C(C(=O)OC2)[C@H]1c1cc(F)cc(F)c1C1CC1. The maximum atomic E-state index is 14.6. The number of carbonyl (C=O) groups is 2. The second kappa shape index (κ2) is 6.44. The molecule has 0 spiro atoms. The molecule has 2 heterocycles. The van der Waals surface area contributed by atoms with Crippen LogP contribution in [0.2, 0.25) is 0 Å². The van der Waals surface area contributed by atoms with Crippen molar-refractivity contribution in [3.8, 4) is 0 Å². The number of dihydropyridines is 1. The zero-order valence-corrected chi connectivity index (χ0v) is 14.4. The molecule has 3 aliphatic rings. The summed E-state index contributed by atoms with van der Waals surface area (Å²) in [6.45, 7) is -1.17. The summed E-state index contributed by atoms with van der Waals surface area (Å²) in [6.07, 6.45) is 1.42. The predicted octanol–water partition coefficient (Wildman–Crippen LogP) is 2.74. The Balaban J connectivity index is 1.99. The van der Waals surface area contributed by atoms with E-state index in [0.717, 1.165) is 19.2 Å². The van der Waals surface area contributed by atoms with E-state index in [-0.39, 0.29) is 46.2 Å². The van der Waals surface area contributed by atoms with Gasteiger partial charge in [0.2, 0.25) is 0 Å². The molecular formula is C19H16F3NO4. The normalized spacial score (nSPS) is 21.8. The van der Waals surface area contributed by atoms with Crippen molar-refractivity contribution in [1.29, 1.82) is 0 Å². The van der Waals surface area contributed by atoms with Crippen molar-refractivity contribution in [2.75, 3.05) is 20.4 Å². The number of halogens is 3. The molecule has 4 rings (SSSR count). The van der Waals surface area contributed by atoms with Crippen LogP contribution in [0, 0.1) is 11.6 Å². The molecule has 1 atom stereocenters. The Kier molecular flexibility index (Phi) is 4.20. The first kappa shape index (κ1) is 17.6. The van der Waals surface area contributed by atoms with Gasteiger partial charge in [-0.1, -0.05) is 0 Å². The lowest BCUT2D eigenvalue weighted by molar-refractivity contribution is -0.136. The van der Waals surface area contributed by atoms with E-state index in [9.17, 15) is 22.8 Å². The number of hydrogen-bond donors (Lipinski definition) is 1. The molecule has 1 aromatic carbocycles. The maximum absolute atomic E-state index is 14.6. The van der Waals surface area contributed by atoms with Crippen LogP contribution >= 0.6 is 0 Å². The van der Waals surface area contributed by atoms with Crippen molar-refractivity contribution >= 4 is 11.9 Å². The first-order chi connectivity index (χ1) is 13.0. The number of carbonyl (C=O) groups excluding carboxylic acids is 2. The highest BCUT2D eigenvalue weighted by molar-refractivity contribution is 6.01. The monoisotopic (exact) mass is 379 g/mol. The maximum Gasteiger partial charge on any atom is 0.337 e. The smallest absolute Gasteiger partial charge is 0.337 e. The summed E-state index contributed by atoms with van der Waals surface area (Å²) in [5.41, 5.74) is 0.444. The average molecular weight is 379 g/mol. The zero-order valence-electron chi connectivity index (χ0n) is 14.4. The largest absolute Gasteiger partial charge is 0.466 e. The van der Waals surface area contributed by atoms with Crippen LogP contribution in [0.5, 0.6) is 0 Å². The molecule has 1 aliphatic carbocycles. The molecule has 0 aromatic heterocycles. The Labute approximate surface area is 152 Å². The molecule has 1 fully saturated rings. The number of methoxy groups -OCH3 is 1. The van der Waals surface area contributed by atoms with Gasteiger partial charge in [0.05, 0.1) is 35.6 Å². The fourth-order valence-electron chi connectivity index (χ4n) is 3.79. The molecule has 0 radical (unpaired) electrons. The average Bonchev–Trinajstić information content (AvgIpc) is 3.41. The molecule has 1 saturated carbocycles. The lowest BCUT2D eigenvalue weighted by Gasteiger charge is -2.29. The number of benzene rings is 1. The van der Waals surface area contributed by atoms with Gasteiger partial charge >= 0.3 is 11.9 Å². The fraction of sp³-hybridized carbons (Fsp3) is 0.368. The number of esters is 2. The minimum Gasteiger partial charge on any atom is -0.466 e. The van der Waals surface area contributed by atoms with Crippen molar-refractivity contribution in [3.63, 3.8) is 0 Å². The zero-order chi connectivity index (χ0) is 19.3. The minimum atomic E-state index is -1.16. The van der Waals surface area contributed by atoms with Crippen molar-refractivity contribution in [3.05, 3.63) is 57.4 Å². The summed E-state index contributed by atoms with van der Waals surface area (Å²) >= 11 is 0. The number of allylic oxidation sites excluding steroid dienone is 1. The van der Waals surface area contributed by atoms with Crippen LogP contribution in [-0.2, 0) is 19.1 Å². The van der Waals surface area contributed by atoms with Gasteiger partial charge in [-0.3, -0.25) is 0 Å². The summed E-state index contributed by atoms with van der Waals surface area (Å²) < 4.78 is 52.1. The highest BCUT2D eigenvalue weighted by Crippen LogP contribution is 2.49. The van der Waals surface area contributed by atoms with Gasteiger partial charge < -0.3 is 14.8 Å². The minimum absolute atomic E-state index is 0.0551. The fourth-order valence-corrected chi connectivity index (χ4v) is 3.79. The first-order valence-corrected chi connectivity index (χ1v) is 8.49. The Bertz CT molecular complexity index is 918. The molecule has 27 heavy (non-hydrogen) atoms. The van der Waals surface area contributed by atoms with Gasteiger partial charge in [-0.05, 0) is 36.0 Å². The number of alkyl halides is 1. The van der Waals surface area contributed by atoms with E-state index in [0.29, 0.717) is 12.8 Å². The molecule has 5 nitrogen and oxygen atoms in total. The van der Waals surface area contributed by atoms with E-state index in [1.165, 1.54) is 0 Å². The molecule has 1 N–H and O–H groups in total. The third kappa shape index (κ3) is 2.79. The molecule has 0 bridgehead atoms. The van der Waals surface area contributed by atoms with Crippen LogP contribution < -0.4 is 5.32 Å². The van der Waals surface area contributed by atoms with E-state index < -0.39 is 36.2 Å². The van der Waals surface area contributed by atoms with Crippen LogP contribution in [0.15, 0.2) is 34.7 Å². The molecule has 0 unspecified atom stereocenters. The highest BCUT2D eigenvalue weighted by Gasteiger charge is 2.45. The van der Waals surface area contributed by atoms with Gasteiger partial charge in [-0.15, -0.1) is 0 Å². The standard InChI is InChI=1S/C19H16F3NO4/c1-26-18(24)16-12(6-20)23-13-7-27-19(25)17(13)15(16)10-4-9(21)5-11(22)14(10)8-2-3-8/h4-5,8,15,23H,2-3,6-7H2,1H3/t15-/m0/s1. The Morgan fingerprint density at radius 1 is 1.33 bits per heavy atom. The second-order valence-electron chi connectivity index (χ2n) is 6.71. The molecule has 8 heteroatoms. The van der Waals surface area contributed by atoms with E-state index in [4.69, 9.17) is 9.47 Å². The van der Waals surface area contributed by atoms with E-state index in [1.807, 2.05) is 0 Å². The van der Waals surface area contributed by atoms with Crippen LogP contribution in [0.3, 0.4) is 0 Å². The Morgan fingerprint density at radius 3 is 2.70 bits per heavy atom. The molecule has 0 amide bonds. The van der Waals surface area contributed by atoms with E-state index in [2.05, 4.69) is 5.32 Å². The van der Waals surface area contributed by atoms with Crippen molar-refractivity contribution < 1.29 is 32.2 Å². The summed E-state index contributed by atoms with van der Waals surface area (Å²) in [7, 11) is 1.12. The second-order valence-corrected chi connectivity index (χ2v) is 6.71. The number of hydrogen-bond acceptors (Lipinski definition) is 5. The van der Waals surface area contributed by atoms with Crippen LogP contribution in [0.1, 0.15) is 35.8 Å². The topological polar surface area (TPSA) is 64.6 Å². The highest BCUT2D eigenvalue weighted by atomic mass is 19.1. The summed E-state index contributed by atoms with van der Waals surface area (Å²) in [5, 5.41) is 2.70. The molecule has 0 saturated heterocycles. The van der Waals surface area contributed by atoms with Gasteiger partial charge in [-0.25, -0.2) is 22.8 Å². The Morgan fingerprint density at radius 2 is 2.07 bits per heavy atom. The predicted molar refractivity (Wildman–Crippen MR) is 87.2 cm³/mol. The van der Waals surface area contributed by atoms with Gasteiger partial charge in [0, 0.05) is 6.07 Å². The van der Waals surface area contributed by atoms with Crippen molar-refractivity contribution in [2.24, 2.45) is 0 Å². The number of cyclic esters (lactones) is 1. The summed E-state index contributed by atoms with van der Waals surface area (Å²) in [4.78, 5) is 24.8. The quantitative estimate of drug-likeness (QED) is 0.815. The molecule has 2 aliphatic heterocycles. The van der Waals surface area contributed by atoms with Crippen LogP contribution in [0.25, 0.3) is 0 Å². The van der Waals surface area contributed by atoms with Gasteiger partial charge in [0.25, 0.3) is 0 Å². The number of rotatable bonds is 4. The lowest BCUT2D eigenvalue weighted by Crippen LogP contribution is -2.32. The Hall–Kier alpha value is -2.77. The van der Waals surface area contributed by atoms with Crippen LogP contribution in [-0.4, -0.2) is 32.3 Å². The molecular weight excluding hydrogens is 363 g/mol. The van der Waals surface area contributed by atoms with Gasteiger partial charge in [0.15, 0.2) is 0 Å². The molecule has 142 valence electrons. The van der Waals surface area contributed by atoms with Crippen LogP contribution in [0.4, 0.5) is 13.2 Å². The van der Waals surface area contributed by atoms with E-state index >= 15 is 0 Å². The van der Waals surface area contributed by atoms with Gasteiger partial charge in [0.1, 0.15) is 24.9 Å². The van der Waals surface area contributed by atoms with Crippen molar-refractivity contribution in [1.82, 2.24) is 5.32 Å². The summed E-state index contributed by atoms with van der Waals surface area (Å²) in [5.74, 6) is -4.47.